The molecule has 4 rings (SSSR count). The van der Waals surface area contributed by atoms with E-state index in [1.165, 1.54) is 12.8 Å². The fourth-order valence-corrected chi connectivity index (χ4v) is 4.28. The van der Waals surface area contributed by atoms with E-state index in [9.17, 15) is 9.90 Å². The normalized spacial score (nSPS) is 13.0. The van der Waals surface area contributed by atoms with Crippen molar-refractivity contribution in [2.45, 2.75) is 57.7 Å². The highest BCUT2D eigenvalue weighted by Gasteiger charge is 2.49. The van der Waals surface area contributed by atoms with Gasteiger partial charge in [-0.15, -0.1) is 0 Å². The molecule has 1 aliphatic carbocycles. The van der Waals surface area contributed by atoms with Gasteiger partial charge in [0.1, 0.15) is 17.2 Å². The van der Waals surface area contributed by atoms with Gasteiger partial charge in [-0.25, -0.2) is 0 Å². The molecule has 1 saturated carbocycles. The lowest BCUT2D eigenvalue weighted by Gasteiger charge is -2.29. The van der Waals surface area contributed by atoms with Gasteiger partial charge in [0, 0.05) is 16.7 Å². The Hall–Kier alpha value is -3.84. The van der Waals surface area contributed by atoms with Gasteiger partial charge in [-0.05, 0) is 49.1 Å². The molecule has 3 aromatic rings. The molecule has 0 radical (unpaired) electrons. The van der Waals surface area contributed by atoms with Crippen LogP contribution in [0.1, 0.15) is 61.4 Å². The lowest BCUT2D eigenvalue weighted by atomic mass is 10.0. The van der Waals surface area contributed by atoms with Crippen molar-refractivity contribution in [3.8, 4) is 22.6 Å². The van der Waals surface area contributed by atoms with Crippen LogP contribution in [0, 0.1) is 0 Å². The number of nitrogens with zero attached hydrogens (tertiary/aromatic N) is 1. The highest BCUT2D eigenvalue weighted by Crippen LogP contribution is 2.41. The van der Waals surface area contributed by atoms with Crippen LogP contribution in [0.15, 0.2) is 72.8 Å². The Morgan fingerprint density at radius 2 is 1.58 bits per heavy atom. The Balaban J connectivity index is 0.00000127. The lowest BCUT2D eigenvalue weighted by molar-refractivity contribution is -0.122. The SMILES string of the molecule is CCCCCCOc1ccccc1CN(C(=O)c1ccc(-c2ccccc2OC)cc1)C1(O)CC1.O=CO. The molecule has 3 aromatic carbocycles. The Bertz CT molecular complexity index is 1170. The maximum Gasteiger partial charge on any atom is 0.290 e. The Morgan fingerprint density at radius 3 is 2.21 bits per heavy atom. The third kappa shape index (κ3) is 7.59. The van der Waals surface area contributed by atoms with E-state index < -0.39 is 5.72 Å². The van der Waals surface area contributed by atoms with Gasteiger partial charge in [0.15, 0.2) is 0 Å². The zero-order chi connectivity index (χ0) is 27.4. The number of para-hydroxylation sites is 2. The van der Waals surface area contributed by atoms with E-state index in [4.69, 9.17) is 19.4 Å². The van der Waals surface area contributed by atoms with Crippen molar-refractivity contribution >= 4 is 12.4 Å². The summed E-state index contributed by atoms with van der Waals surface area (Å²) in [5.74, 6) is 1.37. The minimum absolute atomic E-state index is 0.186. The molecule has 0 unspecified atom stereocenters. The number of amides is 1. The molecular formula is C31H37NO6. The first-order valence-electron chi connectivity index (χ1n) is 13.0. The third-order valence-corrected chi connectivity index (χ3v) is 6.55. The summed E-state index contributed by atoms with van der Waals surface area (Å²) in [7, 11) is 1.65. The first-order chi connectivity index (χ1) is 18.5. The summed E-state index contributed by atoms with van der Waals surface area (Å²) < 4.78 is 11.5. The molecule has 7 heteroatoms. The Morgan fingerprint density at radius 1 is 0.947 bits per heavy atom. The molecule has 0 aromatic heterocycles. The number of carbonyl (C=O) groups is 2. The van der Waals surface area contributed by atoms with Crippen LogP contribution in [0.25, 0.3) is 11.1 Å². The highest BCUT2D eigenvalue weighted by molar-refractivity contribution is 5.95. The number of hydrogen-bond acceptors (Lipinski definition) is 5. The molecule has 1 amide bonds. The molecule has 0 aliphatic heterocycles. The molecule has 0 bridgehead atoms. The van der Waals surface area contributed by atoms with Gasteiger partial charge in [-0.2, -0.15) is 0 Å². The van der Waals surface area contributed by atoms with Crippen LogP contribution >= 0.6 is 0 Å². The van der Waals surface area contributed by atoms with Crippen LogP contribution in [0.2, 0.25) is 0 Å². The van der Waals surface area contributed by atoms with Gasteiger partial charge in [-0.1, -0.05) is 74.7 Å². The summed E-state index contributed by atoms with van der Waals surface area (Å²) in [6.07, 6.45) is 5.71. The average Bonchev–Trinajstić information content (AvgIpc) is 3.70. The molecular weight excluding hydrogens is 482 g/mol. The number of carbonyl (C=O) groups excluding carboxylic acids is 1. The number of hydrogen-bond donors (Lipinski definition) is 2. The standard InChI is InChI=1S/C30H35NO4.CH2O2/c1-3-4-5-10-21-35-27-13-8-6-11-25(27)22-31(30(33)19-20-30)29(32)24-17-15-23(16-18-24)26-12-7-9-14-28(26)34-2;2-1-3/h6-9,11-18,33H,3-5,10,19-22H2,1-2H3;1H,(H,2,3). The van der Waals surface area contributed by atoms with E-state index in [1.54, 1.807) is 12.0 Å². The van der Waals surface area contributed by atoms with Crippen molar-refractivity contribution in [1.29, 1.82) is 0 Å². The lowest BCUT2D eigenvalue weighted by Crippen LogP contribution is -2.41. The van der Waals surface area contributed by atoms with E-state index in [2.05, 4.69) is 6.92 Å². The molecule has 202 valence electrons. The van der Waals surface area contributed by atoms with Crippen LogP contribution in [-0.4, -0.2) is 46.9 Å². The number of carboxylic acid groups (broad SMARTS) is 1. The number of unbranched alkanes of at least 4 members (excludes halogenated alkanes) is 3. The van der Waals surface area contributed by atoms with Crippen molar-refractivity contribution in [3.63, 3.8) is 0 Å². The van der Waals surface area contributed by atoms with Gasteiger partial charge in [0.2, 0.25) is 0 Å². The minimum Gasteiger partial charge on any atom is -0.496 e. The second-order valence-corrected chi connectivity index (χ2v) is 9.27. The van der Waals surface area contributed by atoms with E-state index in [0.717, 1.165) is 41.0 Å². The first-order valence-corrected chi connectivity index (χ1v) is 13.0. The van der Waals surface area contributed by atoms with Crippen LogP contribution in [0.5, 0.6) is 11.5 Å². The van der Waals surface area contributed by atoms with Crippen molar-refractivity contribution < 1.29 is 29.3 Å². The van der Waals surface area contributed by atoms with Crippen LogP contribution in [0.4, 0.5) is 0 Å². The van der Waals surface area contributed by atoms with Gasteiger partial charge < -0.3 is 24.6 Å². The van der Waals surface area contributed by atoms with Crippen molar-refractivity contribution in [3.05, 3.63) is 83.9 Å². The second-order valence-electron chi connectivity index (χ2n) is 9.27. The highest BCUT2D eigenvalue weighted by atomic mass is 16.5. The molecule has 0 heterocycles. The number of ether oxygens (including phenoxy) is 2. The zero-order valence-corrected chi connectivity index (χ0v) is 22.1. The van der Waals surface area contributed by atoms with Crippen LogP contribution in [0.3, 0.4) is 0 Å². The van der Waals surface area contributed by atoms with Gasteiger partial charge in [0.25, 0.3) is 12.4 Å². The predicted molar refractivity (Wildman–Crippen MR) is 147 cm³/mol. The molecule has 0 saturated heterocycles. The summed E-state index contributed by atoms with van der Waals surface area (Å²) in [6.45, 7) is 2.89. The summed E-state index contributed by atoms with van der Waals surface area (Å²) in [5, 5.41) is 17.9. The van der Waals surface area contributed by atoms with E-state index in [-0.39, 0.29) is 12.4 Å². The molecule has 0 spiro atoms. The van der Waals surface area contributed by atoms with Crippen LogP contribution < -0.4 is 9.47 Å². The van der Waals surface area contributed by atoms with E-state index in [0.29, 0.717) is 31.6 Å². The Labute approximate surface area is 224 Å². The Kier molecular flexibility index (Phi) is 10.7. The topological polar surface area (TPSA) is 96.3 Å². The smallest absolute Gasteiger partial charge is 0.290 e. The largest absolute Gasteiger partial charge is 0.496 e. The predicted octanol–water partition coefficient (Wildman–Crippen LogP) is 6.15. The van der Waals surface area contributed by atoms with Gasteiger partial charge in [0.05, 0.1) is 20.3 Å². The minimum atomic E-state index is -1.10. The summed E-state index contributed by atoms with van der Waals surface area (Å²) in [6, 6.07) is 23.1. The monoisotopic (exact) mass is 519 g/mol. The summed E-state index contributed by atoms with van der Waals surface area (Å²) in [4.78, 5) is 23.5. The second kappa shape index (κ2) is 14.2. The summed E-state index contributed by atoms with van der Waals surface area (Å²) >= 11 is 0. The quantitative estimate of drug-likeness (QED) is 0.169. The third-order valence-electron chi connectivity index (χ3n) is 6.55. The van der Waals surface area contributed by atoms with E-state index in [1.807, 2.05) is 72.8 Å². The fraction of sp³-hybridized carbons (Fsp3) is 0.355. The van der Waals surface area contributed by atoms with Gasteiger partial charge >= 0.3 is 0 Å². The van der Waals surface area contributed by atoms with Crippen molar-refractivity contribution in [1.82, 2.24) is 4.90 Å². The summed E-state index contributed by atoms with van der Waals surface area (Å²) in [5.41, 5.74) is 2.28. The maximum absolute atomic E-state index is 13.6. The van der Waals surface area contributed by atoms with Gasteiger partial charge in [-0.3, -0.25) is 9.59 Å². The van der Waals surface area contributed by atoms with Crippen LogP contribution in [-0.2, 0) is 11.3 Å². The zero-order valence-electron chi connectivity index (χ0n) is 22.1. The molecule has 1 fully saturated rings. The molecule has 38 heavy (non-hydrogen) atoms. The van der Waals surface area contributed by atoms with Crippen molar-refractivity contribution in [2.75, 3.05) is 13.7 Å². The average molecular weight is 520 g/mol. The maximum atomic E-state index is 13.6. The van der Waals surface area contributed by atoms with E-state index >= 15 is 0 Å². The van der Waals surface area contributed by atoms with Crippen molar-refractivity contribution in [2.24, 2.45) is 0 Å². The fourth-order valence-electron chi connectivity index (χ4n) is 4.28. The number of methoxy groups -OCH3 is 1. The number of aliphatic hydroxyl groups is 1. The molecule has 2 N–H and O–H groups in total. The first kappa shape index (κ1) is 28.7. The number of rotatable bonds is 12. The molecule has 0 atom stereocenters. The number of benzene rings is 3. The molecule has 1 aliphatic rings. The molecule has 7 nitrogen and oxygen atoms in total.